The van der Waals surface area contributed by atoms with Crippen molar-refractivity contribution in [2.45, 2.75) is 25.5 Å². The molecule has 0 aliphatic carbocycles. The van der Waals surface area contributed by atoms with Gasteiger partial charge in [0.05, 0.1) is 5.25 Å². The molecule has 16 heavy (non-hydrogen) atoms. The minimum absolute atomic E-state index is 0.0428. The Morgan fingerprint density at radius 2 is 2.31 bits per heavy atom. The van der Waals surface area contributed by atoms with E-state index < -0.39 is 0 Å². The van der Waals surface area contributed by atoms with Crippen molar-refractivity contribution in [1.82, 2.24) is 9.97 Å². The molecular formula is C11H16N2OS2. The van der Waals surface area contributed by atoms with Crippen LogP contribution in [-0.2, 0) is 6.42 Å². The third-order valence-corrected chi connectivity index (χ3v) is 5.48. The van der Waals surface area contributed by atoms with Crippen LogP contribution in [0.5, 0.6) is 0 Å². The molecule has 0 aromatic carbocycles. The summed E-state index contributed by atoms with van der Waals surface area (Å²) in [5, 5.41) is 0.357. The van der Waals surface area contributed by atoms with Crippen LogP contribution < -0.4 is 5.56 Å². The van der Waals surface area contributed by atoms with Crippen LogP contribution in [0.15, 0.2) is 4.79 Å². The molecule has 3 nitrogen and oxygen atoms in total. The summed E-state index contributed by atoms with van der Waals surface area (Å²) >= 11 is 3.83. The van der Waals surface area contributed by atoms with Crippen LogP contribution in [0.25, 0.3) is 0 Å². The zero-order chi connectivity index (χ0) is 11.5. The van der Waals surface area contributed by atoms with Crippen LogP contribution in [0, 0.1) is 6.92 Å². The first-order chi connectivity index (χ1) is 7.72. The third kappa shape index (κ3) is 2.46. The number of nitrogens with one attached hydrogen (secondary N) is 1. The molecule has 0 spiro atoms. The average Bonchev–Trinajstić information content (AvgIpc) is 2.30. The second kappa shape index (κ2) is 5.27. The van der Waals surface area contributed by atoms with Gasteiger partial charge in [-0.2, -0.15) is 11.8 Å². The lowest BCUT2D eigenvalue weighted by molar-refractivity contribution is 0.854. The summed E-state index contributed by atoms with van der Waals surface area (Å²) in [7, 11) is 0. The highest BCUT2D eigenvalue weighted by Gasteiger charge is 2.19. The van der Waals surface area contributed by atoms with Gasteiger partial charge in [0.15, 0.2) is 0 Å². The van der Waals surface area contributed by atoms with Crippen LogP contribution in [0.2, 0.25) is 0 Å². The van der Waals surface area contributed by atoms with Crippen molar-refractivity contribution in [2.75, 3.05) is 17.3 Å². The fraction of sp³-hybridized carbons (Fsp3) is 0.636. The first kappa shape index (κ1) is 12.0. The number of hydrogen-bond acceptors (Lipinski definition) is 4. The highest BCUT2D eigenvalue weighted by Crippen LogP contribution is 2.34. The summed E-state index contributed by atoms with van der Waals surface area (Å²) in [6.07, 6.45) is 0.751. The molecule has 1 aromatic heterocycles. The molecule has 5 heteroatoms. The van der Waals surface area contributed by atoms with Gasteiger partial charge in [-0.15, -0.1) is 11.8 Å². The first-order valence-corrected chi connectivity index (χ1v) is 7.71. The molecule has 1 aromatic rings. The molecule has 1 N–H and O–H groups in total. The Morgan fingerprint density at radius 3 is 2.88 bits per heavy atom. The van der Waals surface area contributed by atoms with Crippen molar-refractivity contribution in [1.29, 1.82) is 0 Å². The number of H-pyrrole nitrogens is 1. The molecule has 1 fully saturated rings. The lowest BCUT2D eigenvalue weighted by Crippen LogP contribution is -2.21. The first-order valence-electron chi connectivity index (χ1n) is 5.51. The van der Waals surface area contributed by atoms with E-state index in [1.807, 2.05) is 37.4 Å². The lowest BCUT2D eigenvalue weighted by Gasteiger charge is -2.20. The highest BCUT2D eigenvalue weighted by molar-refractivity contribution is 8.06. The number of rotatable bonds is 2. The molecule has 2 heterocycles. The molecule has 0 saturated carbocycles. The molecule has 0 amide bonds. The summed E-state index contributed by atoms with van der Waals surface area (Å²) in [6.45, 7) is 3.92. The summed E-state index contributed by atoms with van der Waals surface area (Å²) < 4.78 is 0. The Bertz CT molecular complexity index is 424. The standard InChI is InChI=1S/C11H16N2OS2/c1-3-8-7(2)12-10(13-11(8)14)9-6-15-4-5-16-9/h9H,3-6H2,1-2H3,(H,12,13,14). The maximum absolute atomic E-state index is 11.8. The van der Waals surface area contributed by atoms with E-state index in [1.54, 1.807) is 0 Å². The van der Waals surface area contributed by atoms with E-state index >= 15 is 0 Å². The molecule has 1 aliphatic heterocycles. The van der Waals surface area contributed by atoms with Gasteiger partial charge in [-0.05, 0) is 13.3 Å². The third-order valence-electron chi connectivity index (χ3n) is 2.72. The van der Waals surface area contributed by atoms with Crippen molar-refractivity contribution in [3.05, 3.63) is 27.4 Å². The Morgan fingerprint density at radius 1 is 1.50 bits per heavy atom. The van der Waals surface area contributed by atoms with Gasteiger partial charge in [0.25, 0.3) is 5.56 Å². The highest BCUT2D eigenvalue weighted by atomic mass is 32.2. The van der Waals surface area contributed by atoms with E-state index in [1.165, 1.54) is 5.75 Å². The molecule has 0 bridgehead atoms. The number of hydrogen-bond donors (Lipinski definition) is 1. The monoisotopic (exact) mass is 256 g/mol. The maximum atomic E-state index is 11.8. The van der Waals surface area contributed by atoms with Crippen LogP contribution in [0.3, 0.4) is 0 Å². The minimum atomic E-state index is 0.0428. The normalized spacial score (nSPS) is 21.0. The van der Waals surface area contributed by atoms with Crippen molar-refractivity contribution in [2.24, 2.45) is 0 Å². The van der Waals surface area contributed by atoms with Crippen molar-refractivity contribution in [3.8, 4) is 0 Å². The number of aromatic amines is 1. The number of aryl methyl sites for hydroxylation is 1. The Kier molecular flexibility index (Phi) is 3.97. The van der Waals surface area contributed by atoms with E-state index in [4.69, 9.17) is 0 Å². The fourth-order valence-electron chi connectivity index (χ4n) is 1.85. The Balaban J connectivity index is 2.31. The van der Waals surface area contributed by atoms with Gasteiger partial charge in [0.2, 0.25) is 0 Å². The van der Waals surface area contributed by atoms with Gasteiger partial charge in [-0.3, -0.25) is 4.79 Å². The molecule has 0 radical (unpaired) electrons. The predicted molar refractivity (Wildman–Crippen MR) is 71.5 cm³/mol. The number of nitrogens with zero attached hydrogens (tertiary/aromatic N) is 1. The number of thioether (sulfide) groups is 2. The van der Waals surface area contributed by atoms with Gasteiger partial charge < -0.3 is 4.98 Å². The molecule has 1 atom stereocenters. The van der Waals surface area contributed by atoms with Gasteiger partial charge in [0.1, 0.15) is 5.82 Å². The van der Waals surface area contributed by atoms with E-state index in [-0.39, 0.29) is 5.56 Å². The van der Waals surface area contributed by atoms with Crippen LogP contribution in [0.1, 0.15) is 29.3 Å². The fourth-order valence-corrected chi connectivity index (χ4v) is 4.47. The summed E-state index contributed by atoms with van der Waals surface area (Å²) in [4.78, 5) is 19.3. The quantitative estimate of drug-likeness (QED) is 0.881. The van der Waals surface area contributed by atoms with Crippen LogP contribution >= 0.6 is 23.5 Å². The van der Waals surface area contributed by atoms with Gasteiger partial charge >= 0.3 is 0 Å². The zero-order valence-electron chi connectivity index (χ0n) is 9.58. The molecular weight excluding hydrogens is 240 g/mol. The second-order valence-electron chi connectivity index (χ2n) is 3.80. The molecule has 88 valence electrons. The topological polar surface area (TPSA) is 45.8 Å². The minimum Gasteiger partial charge on any atom is -0.309 e. The van der Waals surface area contributed by atoms with Crippen molar-refractivity contribution >= 4 is 23.5 Å². The molecule has 1 saturated heterocycles. The predicted octanol–water partition coefficient (Wildman–Crippen LogP) is 2.16. The van der Waals surface area contributed by atoms with Crippen molar-refractivity contribution in [3.63, 3.8) is 0 Å². The molecule has 2 rings (SSSR count). The number of aromatic nitrogens is 2. The van der Waals surface area contributed by atoms with Crippen molar-refractivity contribution < 1.29 is 0 Å². The smallest absolute Gasteiger partial charge is 0.254 e. The van der Waals surface area contributed by atoms with E-state index in [0.717, 1.165) is 35.0 Å². The van der Waals surface area contributed by atoms with E-state index in [9.17, 15) is 4.79 Å². The Labute approximate surface area is 104 Å². The summed E-state index contributed by atoms with van der Waals surface area (Å²) in [5.74, 6) is 4.26. The zero-order valence-corrected chi connectivity index (χ0v) is 11.2. The Hall–Kier alpha value is -0.420. The van der Waals surface area contributed by atoms with Gasteiger partial charge in [-0.25, -0.2) is 4.98 Å². The SMILES string of the molecule is CCc1c(C)nc(C2CSCCS2)[nH]c1=O. The van der Waals surface area contributed by atoms with Crippen LogP contribution in [-0.4, -0.2) is 27.2 Å². The van der Waals surface area contributed by atoms with Gasteiger partial charge in [0, 0.05) is 28.5 Å². The lowest BCUT2D eigenvalue weighted by atomic mass is 10.2. The van der Waals surface area contributed by atoms with E-state index in [0.29, 0.717) is 5.25 Å². The summed E-state index contributed by atoms with van der Waals surface area (Å²) in [6, 6.07) is 0. The maximum Gasteiger partial charge on any atom is 0.254 e. The molecule has 1 unspecified atom stereocenters. The van der Waals surface area contributed by atoms with Gasteiger partial charge in [-0.1, -0.05) is 6.92 Å². The molecule has 1 aliphatic rings. The van der Waals surface area contributed by atoms with Crippen LogP contribution in [0.4, 0.5) is 0 Å². The summed E-state index contributed by atoms with van der Waals surface area (Å²) in [5.41, 5.74) is 1.75. The largest absolute Gasteiger partial charge is 0.309 e. The average molecular weight is 256 g/mol. The van der Waals surface area contributed by atoms with E-state index in [2.05, 4.69) is 9.97 Å². The second-order valence-corrected chi connectivity index (χ2v) is 6.26.